The van der Waals surface area contributed by atoms with Gasteiger partial charge in [0, 0.05) is 18.8 Å². The predicted molar refractivity (Wildman–Crippen MR) is 88.4 cm³/mol. The van der Waals surface area contributed by atoms with Crippen molar-refractivity contribution in [1.82, 2.24) is 9.97 Å². The van der Waals surface area contributed by atoms with E-state index in [1.165, 1.54) is 11.1 Å². The fourth-order valence-corrected chi connectivity index (χ4v) is 2.61. The van der Waals surface area contributed by atoms with Gasteiger partial charge in [0.15, 0.2) is 0 Å². The molecular weight excluding hydrogens is 256 g/mol. The molecule has 1 aromatic carbocycles. The molecule has 0 fully saturated rings. The van der Waals surface area contributed by atoms with Gasteiger partial charge in [0.2, 0.25) is 0 Å². The zero-order valence-electron chi connectivity index (χ0n) is 13.9. The van der Waals surface area contributed by atoms with Crippen molar-refractivity contribution in [1.29, 1.82) is 0 Å². The third-order valence-corrected chi connectivity index (χ3v) is 3.73. The van der Waals surface area contributed by atoms with Crippen LogP contribution in [0.3, 0.4) is 0 Å². The lowest BCUT2D eigenvalue weighted by molar-refractivity contribution is 0.352. The number of benzene rings is 1. The normalized spacial score (nSPS) is 12.4. The van der Waals surface area contributed by atoms with Crippen LogP contribution in [0.15, 0.2) is 42.7 Å². The maximum absolute atomic E-state index is 4.35. The second-order valence-corrected chi connectivity index (χ2v) is 7.63. The van der Waals surface area contributed by atoms with E-state index >= 15 is 0 Å². The summed E-state index contributed by atoms with van der Waals surface area (Å²) in [6.07, 6.45) is 5.57. The van der Waals surface area contributed by atoms with Crippen LogP contribution >= 0.6 is 0 Å². The van der Waals surface area contributed by atoms with Gasteiger partial charge in [-0.15, -0.1) is 0 Å². The van der Waals surface area contributed by atoms with E-state index in [9.17, 15) is 0 Å². The first-order chi connectivity index (χ1) is 9.76. The van der Waals surface area contributed by atoms with Gasteiger partial charge in [-0.1, -0.05) is 58.9 Å². The van der Waals surface area contributed by atoms with Crippen LogP contribution in [-0.4, -0.2) is 9.97 Å². The fourth-order valence-electron chi connectivity index (χ4n) is 2.61. The molecule has 1 heterocycles. The second kappa shape index (κ2) is 5.97. The summed E-state index contributed by atoms with van der Waals surface area (Å²) in [6.45, 7) is 11.3. The topological polar surface area (TPSA) is 25.8 Å². The van der Waals surface area contributed by atoms with Gasteiger partial charge in [-0.3, -0.25) is 0 Å². The first-order valence-electron chi connectivity index (χ1n) is 7.62. The van der Waals surface area contributed by atoms with Crippen molar-refractivity contribution in [3.8, 4) is 0 Å². The first-order valence-corrected chi connectivity index (χ1v) is 7.62. The number of hydrogen-bond acceptors (Lipinski definition) is 2. The Morgan fingerprint density at radius 3 is 2.14 bits per heavy atom. The molecule has 0 atom stereocenters. The number of nitrogens with zero attached hydrogens (tertiary/aromatic N) is 2. The third kappa shape index (κ3) is 4.66. The highest BCUT2D eigenvalue weighted by Gasteiger charge is 2.22. The van der Waals surface area contributed by atoms with Gasteiger partial charge in [0.05, 0.1) is 0 Å². The van der Waals surface area contributed by atoms with Crippen molar-refractivity contribution < 1.29 is 0 Å². The standard InChI is InChI=1S/C19H26N2/c1-18(2,3)16-9-6-8-15(12-16)13-19(4,5)14-17-20-10-7-11-21-17/h6-12H,13-14H2,1-5H3. The van der Waals surface area contributed by atoms with Gasteiger partial charge < -0.3 is 0 Å². The first kappa shape index (κ1) is 15.7. The molecule has 0 amide bonds. The molecule has 0 spiro atoms. The molecule has 0 saturated carbocycles. The molecule has 0 radical (unpaired) electrons. The average molecular weight is 282 g/mol. The van der Waals surface area contributed by atoms with E-state index in [0.29, 0.717) is 0 Å². The van der Waals surface area contributed by atoms with E-state index in [2.05, 4.69) is 68.9 Å². The quantitative estimate of drug-likeness (QED) is 0.820. The van der Waals surface area contributed by atoms with Crippen molar-refractivity contribution in [3.63, 3.8) is 0 Å². The van der Waals surface area contributed by atoms with E-state index in [1.807, 2.05) is 18.5 Å². The maximum Gasteiger partial charge on any atom is 0.128 e. The molecule has 0 aliphatic rings. The Labute approximate surface area is 128 Å². The van der Waals surface area contributed by atoms with Crippen LogP contribution < -0.4 is 0 Å². The summed E-state index contributed by atoms with van der Waals surface area (Å²) in [5, 5.41) is 0. The molecule has 0 bridgehead atoms. The summed E-state index contributed by atoms with van der Waals surface area (Å²) in [4.78, 5) is 8.70. The lowest BCUT2D eigenvalue weighted by atomic mass is 9.80. The van der Waals surface area contributed by atoms with Gasteiger partial charge in [-0.25, -0.2) is 9.97 Å². The highest BCUT2D eigenvalue weighted by atomic mass is 14.9. The molecule has 2 aromatic rings. The summed E-state index contributed by atoms with van der Waals surface area (Å²) in [6, 6.07) is 10.8. The summed E-state index contributed by atoms with van der Waals surface area (Å²) in [7, 11) is 0. The zero-order chi connectivity index (χ0) is 15.5. The van der Waals surface area contributed by atoms with Crippen LogP contribution in [-0.2, 0) is 18.3 Å². The molecule has 2 rings (SSSR count). The number of aromatic nitrogens is 2. The monoisotopic (exact) mass is 282 g/mol. The van der Waals surface area contributed by atoms with Crippen molar-refractivity contribution in [3.05, 3.63) is 59.7 Å². The lowest BCUT2D eigenvalue weighted by Crippen LogP contribution is -2.20. The van der Waals surface area contributed by atoms with Gasteiger partial charge in [0.25, 0.3) is 0 Å². The van der Waals surface area contributed by atoms with Crippen LogP contribution in [0.2, 0.25) is 0 Å². The Hall–Kier alpha value is -1.70. The maximum atomic E-state index is 4.35. The van der Waals surface area contributed by atoms with Crippen LogP contribution in [0.5, 0.6) is 0 Å². The van der Waals surface area contributed by atoms with Crippen LogP contribution in [0.4, 0.5) is 0 Å². The largest absolute Gasteiger partial charge is 0.241 e. The zero-order valence-corrected chi connectivity index (χ0v) is 13.9. The molecule has 0 saturated heterocycles. The predicted octanol–water partition coefficient (Wildman–Crippen LogP) is 4.59. The van der Waals surface area contributed by atoms with E-state index in [4.69, 9.17) is 0 Å². The second-order valence-electron chi connectivity index (χ2n) is 7.63. The number of rotatable bonds is 4. The van der Waals surface area contributed by atoms with Crippen molar-refractivity contribution in [2.45, 2.75) is 52.9 Å². The Bertz CT molecular complexity index is 580. The Kier molecular flexibility index (Phi) is 4.46. The van der Waals surface area contributed by atoms with Gasteiger partial charge >= 0.3 is 0 Å². The van der Waals surface area contributed by atoms with Gasteiger partial charge in [-0.2, -0.15) is 0 Å². The van der Waals surface area contributed by atoms with E-state index < -0.39 is 0 Å². The van der Waals surface area contributed by atoms with Crippen molar-refractivity contribution in [2.75, 3.05) is 0 Å². The summed E-state index contributed by atoms with van der Waals surface area (Å²) in [5.41, 5.74) is 3.13. The molecule has 0 unspecified atom stereocenters. The highest BCUT2D eigenvalue weighted by molar-refractivity contribution is 5.29. The van der Waals surface area contributed by atoms with Crippen LogP contribution in [0.1, 0.15) is 51.6 Å². The van der Waals surface area contributed by atoms with Gasteiger partial charge in [-0.05, 0) is 34.4 Å². The molecule has 1 aromatic heterocycles. The molecule has 0 N–H and O–H groups in total. The molecule has 0 aliphatic carbocycles. The molecular formula is C19H26N2. The van der Waals surface area contributed by atoms with E-state index in [1.54, 1.807) is 0 Å². The Morgan fingerprint density at radius 1 is 0.857 bits per heavy atom. The fraction of sp³-hybridized carbons (Fsp3) is 0.474. The smallest absolute Gasteiger partial charge is 0.128 e. The summed E-state index contributed by atoms with van der Waals surface area (Å²) in [5.74, 6) is 0.925. The van der Waals surface area contributed by atoms with Crippen LogP contribution in [0, 0.1) is 5.41 Å². The Morgan fingerprint density at radius 2 is 1.52 bits per heavy atom. The van der Waals surface area contributed by atoms with E-state index in [0.717, 1.165) is 18.7 Å². The van der Waals surface area contributed by atoms with Crippen molar-refractivity contribution >= 4 is 0 Å². The Balaban J connectivity index is 2.13. The molecule has 112 valence electrons. The number of hydrogen-bond donors (Lipinski definition) is 0. The summed E-state index contributed by atoms with van der Waals surface area (Å²) >= 11 is 0. The minimum atomic E-state index is 0.151. The van der Waals surface area contributed by atoms with E-state index in [-0.39, 0.29) is 10.8 Å². The average Bonchev–Trinajstić information content (AvgIpc) is 2.38. The summed E-state index contributed by atoms with van der Waals surface area (Å²) < 4.78 is 0. The molecule has 2 nitrogen and oxygen atoms in total. The highest BCUT2D eigenvalue weighted by Crippen LogP contribution is 2.28. The SMILES string of the molecule is CC(C)(Cc1cccc(C(C)(C)C)c1)Cc1ncccn1. The molecule has 0 aliphatic heterocycles. The van der Waals surface area contributed by atoms with Crippen LogP contribution in [0.25, 0.3) is 0 Å². The molecule has 2 heteroatoms. The lowest BCUT2D eigenvalue weighted by Gasteiger charge is -2.25. The molecule has 21 heavy (non-hydrogen) atoms. The van der Waals surface area contributed by atoms with Crippen molar-refractivity contribution in [2.24, 2.45) is 5.41 Å². The minimum Gasteiger partial charge on any atom is -0.241 e. The third-order valence-electron chi connectivity index (χ3n) is 3.73. The van der Waals surface area contributed by atoms with Gasteiger partial charge in [0.1, 0.15) is 5.82 Å². The minimum absolute atomic E-state index is 0.151.